The Bertz CT molecular complexity index is 935. The van der Waals surface area contributed by atoms with Crippen molar-refractivity contribution in [2.75, 3.05) is 32.8 Å². The van der Waals surface area contributed by atoms with Crippen molar-refractivity contribution >= 4 is 27.6 Å². The molecule has 1 aliphatic heterocycles. The lowest BCUT2D eigenvalue weighted by Crippen LogP contribution is -2.48. The monoisotopic (exact) mass is 426 g/mol. The first-order valence-electron chi connectivity index (χ1n) is 8.98. The number of hydrogen-bond acceptors (Lipinski definition) is 6. The number of benzene rings is 1. The summed E-state index contributed by atoms with van der Waals surface area (Å²) in [6.45, 7) is 4.59. The summed E-state index contributed by atoms with van der Waals surface area (Å²) in [4.78, 5) is 18.3. The number of ether oxygens (including phenoxy) is 1. The second-order valence-corrected chi connectivity index (χ2v) is 8.81. The van der Waals surface area contributed by atoms with Gasteiger partial charge in [-0.05, 0) is 31.2 Å². The van der Waals surface area contributed by atoms with Gasteiger partial charge >= 0.3 is 5.97 Å². The number of nitrogens with zero attached hydrogens (tertiary/aromatic N) is 4. The maximum atomic E-state index is 12.9. The molecule has 3 rings (SSSR count). The number of aromatic nitrogens is 2. The number of sulfonamides is 1. The maximum Gasteiger partial charge on any atom is 0.338 e. The van der Waals surface area contributed by atoms with Crippen molar-refractivity contribution in [1.82, 2.24) is 18.8 Å². The fourth-order valence-electron chi connectivity index (χ4n) is 3.03. The lowest BCUT2D eigenvalue weighted by molar-refractivity contribution is 0.0526. The smallest absolute Gasteiger partial charge is 0.338 e. The minimum absolute atomic E-state index is 0.171. The minimum Gasteiger partial charge on any atom is -0.462 e. The Morgan fingerprint density at radius 1 is 1.18 bits per heavy atom. The third-order valence-corrected chi connectivity index (χ3v) is 6.99. The zero-order chi connectivity index (χ0) is 20.3. The van der Waals surface area contributed by atoms with Gasteiger partial charge in [0, 0.05) is 33.2 Å². The molecule has 0 N–H and O–H groups in total. The quantitative estimate of drug-likeness (QED) is 0.654. The van der Waals surface area contributed by atoms with Crippen LogP contribution in [0.4, 0.5) is 0 Å². The molecule has 8 nitrogen and oxygen atoms in total. The van der Waals surface area contributed by atoms with Gasteiger partial charge in [-0.3, -0.25) is 4.90 Å². The topological polar surface area (TPSA) is 84.7 Å². The summed E-state index contributed by atoms with van der Waals surface area (Å²) in [6.07, 6.45) is 1.61. The molecule has 1 aromatic heterocycles. The Hall–Kier alpha value is -1.94. The van der Waals surface area contributed by atoms with Gasteiger partial charge in [-0.1, -0.05) is 11.6 Å². The van der Waals surface area contributed by atoms with E-state index in [1.807, 2.05) is 11.6 Å². The van der Waals surface area contributed by atoms with E-state index in [1.54, 1.807) is 13.1 Å². The zero-order valence-electron chi connectivity index (χ0n) is 15.8. The molecule has 1 aliphatic rings. The van der Waals surface area contributed by atoms with Gasteiger partial charge in [-0.25, -0.2) is 18.2 Å². The molecule has 0 spiro atoms. The van der Waals surface area contributed by atoms with Crippen molar-refractivity contribution in [2.45, 2.75) is 18.4 Å². The van der Waals surface area contributed by atoms with Gasteiger partial charge in [0.1, 0.15) is 11.0 Å². The normalized spacial score (nSPS) is 16.2. The Kier molecular flexibility index (Phi) is 6.39. The molecule has 1 fully saturated rings. The highest BCUT2D eigenvalue weighted by Gasteiger charge is 2.29. The summed E-state index contributed by atoms with van der Waals surface area (Å²) in [5.41, 5.74) is 0.333. The van der Waals surface area contributed by atoms with E-state index in [0.717, 1.165) is 5.82 Å². The molecule has 0 atom stereocenters. The van der Waals surface area contributed by atoms with Gasteiger partial charge in [0.25, 0.3) is 0 Å². The van der Waals surface area contributed by atoms with Crippen molar-refractivity contribution in [2.24, 2.45) is 7.05 Å². The van der Waals surface area contributed by atoms with Crippen LogP contribution < -0.4 is 0 Å². The Morgan fingerprint density at radius 2 is 1.82 bits per heavy atom. The summed E-state index contributed by atoms with van der Waals surface area (Å²) >= 11 is 6.01. The average Bonchev–Trinajstić information content (AvgIpc) is 3.01. The molecule has 1 saturated heterocycles. The summed E-state index contributed by atoms with van der Waals surface area (Å²) in [5, 5.41) is 0.572. The third-order valence-electron chi connectivity index (χ3n) is 4.73. The standard InChI is InChI=1S/C18H23ClN4O4S/c1-3-27-18(24)14-4-6-15(7-5-14)28(25,26)23-10-8-22(9-11-23)13-17-20-12-16(19)21(17)2/h4-7,12H,3,8-11,13H2,1-2H3. The second kappa shape index (κ2) is 8.60. The van der Waals surface area contributed by atoms with Gasteiger partial charge in [-0.2, -0.15) is 4.31 Å². The molecule has 28 heavy (non-hydrogen) atoms. The first-order chi connectivity index (χ1) is 13.3. The highest BCUT2D eigenvalue weighted by Crippen LogP contribution is 2.20. The van der Waals surface area contributed by atoms with Crippen LogP contribution in [-0.2, 0) is 28.4 Å². The van der Waals surface area contributed by atoms with E-state index in [9.17, 15) is 13.2 Å². The lowest BCUT2D eigenvalue weighted by atomic mass is 10.2. The predicted octanol–water partition coefficient (Wildman–Crippen LogP) is 1.76. The molecule has 0 aliphatic carbocycles. The van der Waals surface area contributed by atoms with Crippen molar-refractivity contribution in [3.8, 4) is 0 Å². The number of carbonyl (C=O) groups is 1. The Morgan fingerprint density at radius 3 is 2.36 bits per heavy atom. The number of imidazole rings is 1. The Labute approximate surface area is 169 Å². The highest BCUT2D eigenvalue weighted by molar-refractivity contribution is 7.89. The molecular formula is C18H23ClN4O4S. The average molecular weight is 427 g/mol. The number of halogens is 1. The minimum atomic E-state index is -3.60. The summed E-state index contributed by atoms with van der Waals surface area (Å²) < 4.78 is 34.0. The SMILES string of the molecule is CCOC(=O)c1ccc(S(=O)(=O)N2CCN(Cc3ncc(Cl)n3C)CC2)cc1. The number of esters is 1. The molecule has 1 aromatic carbocycles. The molecule has 152 valence electrons. The fraction of sp³-hybridized carbons (Fsp3) is 0.444. The van der Waals surface area contributed by atoms with Crippen LogP contribution in [0.15, 0.2) is 35.4 Å². The molecule has 2 heterocycles. The van der Waals surface area contributed by atoms with Gasteiger partial charge in [0.05, 0.1) is 29.8 Å². The van der Waals surface area contributed by atoms with E-state index in [0.29, 0.717) is 43.4 Å². The predicted molar refractivity (Wildman–Crippen MR) is 105 cm³/mol. The van der Waals surface area contributed by atoms with Crippen molar-refractivity contribution in [3.63, 3.8) is 0 Å². The molecule has 0 unspecified atom stereocenters. The number of rotatable bonds is 6. The maximum absolute atomic E-state index is 12.9. The molecule has 0 radical (unpaired) electrons. The summed E-state index contributed by atoms with van der Waals surface area (Å²) in [6, 6.07) is 5.85. The van der Waals surface area contributed by atoms with Crippen LogP contribution in [0.5, 0.6) is 0 Å². The van der Waals surface area contributed by atoms with Crippen molar-refractivity contribution in [3.05, 3.63) is 47.0 Å². The van der Waals surface area contributed by atoms with E-state index < -0.39 is 16.0 Å². The fourth-order valence-corrected chi connectivity index (χ4v) is 4.59. The van der Waals surface area contributed by atoms with Crippen LogP contribution in [0.1, 0.15) is 23.1 Å². The highest BCUT2D eigenvalue weighted by atomic mass is 35.5. The third kappa shape index (κ3) is 4.38. The van der Waals surface area contributed by atoms with Crippen LogP contribution in [0.25, 0.3) is 0 Å². The first-order valence-corrected chi connectivity index (χ1v) is 10.8. The summed E-state index contributed by atoms with van der Waals surface area (Å²) in [7, 11) is -1.75. The first kappa shape index (κ1) is 20.8. The molecule has 0 bridgehead atoms. The molecule has 10 heteroatoms. The van der Waals surface area contributed by atoms with E-state index in [-0.39, 0.29) is 11.5 Å². The van der Waals surface area contributed by atoms with Gasteiger partial charge < -0.3 is 9.30 Å². The van der Waals surface area contributed by atoms with Crippen LogP contribution in [0.3, 0.4) is 0 Å². The zero-order valence-corrected chi connectivity index (χ0v) is 17.4. The van der Waals surface area contributed by atoms with Crippen LogP contribution in [-0.4, -0.2) is 65.9 Å². The van der Waals surface area contributed by atoms with Crippen LogP contribution in [0, 0.1) is 0 Å². The van der Waals surface area contributed by atoms with Crippen LogP contribution in [0.2, 0.25) is 5.15 Å². The van der Waals surface area contributed by atoms with Gasteiger partial charge in [-0.15, -0.1) is 0 Å². The number of piperazine rings is 1. The van der Waals surface area contributed by atoms with Gasteiger partial charge in [0.2, 0.25) is 10.0 Å². The lowest BCUT2D eigenvalue weighted by Gasteiger charge is -2.33. The summed E-state index contributed by atoms with van der Waals surface area (Å²) in [5.74, 6) is 0.380. The molecule has 0 saturated carbocycles. The van der Waals surface area contributed by atoms with Crippen LogP contribution >= 0.6 is 11.6 Å². The number of carbonyl (C=O) groups excluding carboxylic acids is 1. The van der Waals surface area contributed by atoms with E-state index in [1.165, 1.54) is 28.6 Å². The number of hydrogen-bond donors (Lipinski definition) is 0. The van der Waals surface area contributed by atoms with E-state index in [4.69, 9.17) is 16.3 Å². The molecule has 0 amide bonds. The van der Waals surface area contributed by atoms with Crippen molar-refractivity contribution in [1.29, 1.82) is 0 Å². The van der Waals surface area contributed by atoms with Gasteiger partial charge in [0.15, 0.2) is 0 Å². The Balaban J connectivity index is 1.62. The van der Waals surface area contributed by atoms with Crippen molar-refractivity contribution < 1.29 is 17.9 Å². The van der Waals surface area contributed by atoms with E-state index >= 15 is 0 Å². The molecular weight excluding hydrogens is 404 g/mol. The second-order valence-electron chi connectivity index (χ2n) is 6.48. The van der Waals surface area contributed by atoms with E-state index in [2.05, 4.69) is 9.88 Å². The largest absolute Gasteiger partial charge is 0.462 e. The molecule has 2 aromatic rings.